The number of hydrogen-bond donors (Lipinski definition) is 2. The van der Waals surface area contributed by atoms with Gasteiger partial charge in [-0.15, -0.1) is 0 Å². The van der Waals surface area contributed by atoms with Crippen LogP contribution >= 0.6 is 0 Å². The molecule has 0 saturated carbocycles. The highest BCUT2D eigenvalue weighted by molar-refractivity contribution is 5.81. The van der Waals surface area contributed by atoms with E-state index in [2.05, 4.69) is 29.5 Å². The molecule has 0 aliphatic carbocycles. The first-order chi connectivity index (χ1) is 9.04. The second-order valence-electron chi connectivity index (χ2n) is 5.66. The fraction of sp³-hybridized carbons (Fsp3) is 0.929. The van der Waals surface area contributed by atoms with Crippen LogP contribution in [0.25, 0.3) is 0 Å². The molecule has 0 radical (unpaired) electrons. The van der Waals surface area contributed by atoms with Crippen LogP contribution in [0, 0.1) is 5.92 Å². The van der Waals surface area contributed by atoms with Crippen LogP contribution < -0.4 is 10.6 Å². The summed E-state index contributed by atoms with van der Waals surface area (Å²) in [5.74, 6) is 0.671. The number of amides is 1. The van der Waals surface area contributed by atoms with Crippen molar-refractivity contribution in [2.24, 2.45) is 5.92 Å². The van der Waals surface area contributed by atoms with E-state index in [-0.39, 0.29) is 11.9 Å². The van der Waals surface area contributed by atoms with Crippen LogP contribution in [0.4, 0.5) is 0 Å². The molecule has 0 spiro atoms. The Morgan fingerprint density at radius 1 is 1.53 bits per heavy atom. The number of ether oxygens (including phenoxy) is 1. The van der Waals surface area contributed by atoms with Gasteiger partial charge >= 0.3 is 0 Å². The SMILES string of the molecule is COCCCNC(=O)C(C)NC1CCN(C)CC1C. The van der Waals surface area contributed by atoms with Gasteiger partial charge in [0.05, 0.1) is 6.04 Å². The fourth-order valence-electron chi connectivity index (χ4n) is 2.58. The van der Waals surface area contributed by atoms with E-state index in [4.69, 9.17) is 4.74 Å². The molecule has 112 valence electrons. The smallest absolute Gasteiger partial charge is 0.236 e. The van der Waals surface area contributed by atoms with Crippen molar-refractivity contribution in [1.29, 1.82) is 0 Å². The molecule has 0 aromatic rings. The molecule has 0 aromatic carbocycles. The Kier molecular flexibility index (Phi) is 7.34. The van der Waals surface area contributed by atoms with Crippen LogP contribution in [0.1, 0.15) is 26.7 Å². The highest BCUT2D eigenvalue weighted by atomic mass is 16.5. The van der Waals surface area contributed by atoms with Crippen LogP contribution in [0.15, 0.2) is 0 Å². The topological polar surface area (TPSA) is 53.6 Å². The maximum absolute atomic E-state index is 11.9. The molecule has 2 N–H and O–H groups in total. The number of nitrogens with zero attached hydrogens (tertiary/aromatic N) is 1. The van der Waals surface area contributed by atoms with E-state index >= 15 is 0 Å². The van der Waals surface area contributed by atoms with Crippen molar-refractivity contribution in [2.45, 2.75) is 38.8 Å². The van der Waals surface area contributed by atoms with Crippen molar-refractivity contribution < 1.29 is 9.53 Å². The van der Waals surface area contributed by atoms with Crippen LogP contribution in [0.5, 0.6) is 0 Å². The molecule has 1 aliphatic rings. The van der Waals surface area contributed by atoms with Gasteiger partial charge in [-0.05, 0) is 39.3 Å². The fourth-order valence-corrected chi connectivity index (χ4v) is 2.58. The molecule has 1 rings (SSSR count). The van der Waals surface area contributed by atoms with Crippen molar-refractivity contribution in [3.05, 3.63) is 0 Å². The van der Waals surface area contributed by atoms with Crippen molar-refractivity contribution in [3.63, 3.8) is 0 Å². The predicted octanol–water partition coefficient (Wildman–Crippen LogP) is 0.457. The molecule has 3 atom stereocenters. The third-order valence-corrected chi connectivity index (χ3v) is 3.79. The minimum Gasteiger partial charge on any atom is -0.385 e. The lowest BCUT2D eigenvalue weighted by Crippen LogP contribution is -2.53. The first-order valence-corrected chi connectivity index (χ1v) is 7.25. The largest absolute Gasteiger partial charge is 0.385 e. The maximum Gasteiger partial charge on any atom is 0.236 e. The van der Waals surface area contributed by atoms with Gasteiger partial charge in [0, 0.05) is 32.8 Å². The highest BCUT2D eigenvalue weighted by Gasteiger charge is 2.26. The normalized spacial score (nSPS) is 26.1. The molecule has 1 aliphatic heterocycles. The first-order valence-electron chi connectivity index (χ1n) is 7.25. The van der Waals surface area contributed by atoms with Gasteiger partial charge in [-0.25, -0.2) is 0 Å². The average Bonchev–Trinajstić information content (AvgIpc) is 2.37. The van der Waals surface area contributed by atoms with E-state index in [1.165, 1.54) is 0 Å². The number of hydrogen-bond acceptors (Lipinski definition) is 4. The van der Waals surface area contributed by atoms with Gasteiger partial charge < -0.3 is 20.3 Å². The molecule has 19 heavy (non-hydrogen) atoms. The molecule has 3 unspecified atom stereocenters. The van der Waals surface area contributed by atoms with Gasteiger partial charge in [-0.1, -0.05) is 6.92 Å². The lowest BCUT2D eigenvalue weighted by molar-refractivity contribution is -0.123. The predicted molar refractivity (Wildman–Crippen MR) is 77.2 cm³/mol. The Bertz CT molecular complexity index is 273. The Balaban J connectivity index is 2.25. The first kappa shape index (κ1) is 16.4. The molecular formula is C14H29N3O2. The summed E-state index contributed by atoms with van der Waals surface area (Å²) in [4.78, 5) is 14.3. The standard InChI is InChI=1S/C14H29N3O2/c1-11-10-17(3)8-6-13(11)16-12(2)14(18)15-7-5-9-19-4/h11-13,16H,5-10H2,1-4H3,(H,15,18). The summed E-state index contributed by atoms with van der Waals surface area (Å²) < 4.78 is 4.96. The lowest BCUT2D eigenvalue weighted by atomic mass is 9.93. The van der Waals surface area contributed by atoms with Gasteiger partial charge in [0.1, 0.15) is 0 Å². The van der Waals surface area contributed by atoms with Crippen LogP contribution in [-0.4, -0.2) is 63.3 Å². The zero-order valence-corrected chi connectivity index (χ0v) is 12.7. The van der Waals surface area contributed by atoms with E-state index in [1.54, 1.807) is 7.11 Å². The van der Waals surface area contributed by atoms with Crippen LogP contribution in [0.3, 0.4) is 0 Å². The monoisotopic (exact) mass is 271 g/mol. The van der Waals surface area contributed by atoms with E-state index in [0.717, 1.165) is 25.9 Å². The summed E-state index contributed by atoms with van der Waals surface area (Å²) in [7, 11) is 3.83. The number of methoxy groups -OCH3 is 1. The quantitative estimate of drug-likeness (QED) is 0.661. The molecule has 0 bridgehead atoms. The summed E-state index contributed by atoms with van der Waals surface area (Å²) in [6.07, 6.45) is 1.97. The number of carbonyl (C=O) groups is 1. The maximum atomic E-state index is 11.9. The molecule has 1 heterocycles. The summed E-state index contributed by atoms with van der Waals surface area (Å²) in [5.41, 5.74) is 0. The number of nitrogens with one attached hydrogen (secondary N) is 2. The second kappa shape index (κ2) is 8.51. The number of carbonyl (C=O) groups excluding carboxylic acids is 1. The Labute approximate surface area is 117 Å². The summed E-state index contributed by atoms with van der Waals surface area (Å²) in [5, 5.41) is 6.40. The van der Waals surface area contributed by atoms with Crippen molar-refractivity contribution in [3.8, 4) is 0 Å². The van der Waals surface area contributed by atoms with Gasteiger partial charge in [0.25, 0.3) is 0 Å². The third kappa shape index (κ3) is 5.89. The highest BCUT2D eigenvalue weighted by Crippen LogP contribution is 2.15. The zero-order chi connectivity index (χ0) is 14.3. The molecule has 0 aromatic heterocycles. The average molecular weight is 271 g/mol. The molecule has 5 heteroatoms. The van der Waals surface area contributed by atoms with Crippen LogP contribution in [0.2, 0.25) is 0 Å². The Hall–Kier alpha value is -0.650. The van der Waals surface area contributed by atoms with Gasteiger partial charge in [0.15, 0.2) is 0 Å². The van der Waals surface area contributed by atoms with E-state index in [0.29, 0.717) is 25.1 Å². The summed E-state index contributed by atoms with van der Waals surface area (Å²) >= 11 is 0. The number of piperidine rings is 1. The van der Waals surface area contributed by atoms with Gasteiger partial charge in [0.2, 0.25) is 5.91 Å². The van der Waals surface area contributed by atoms with Crippen LogP contribution in [-0.2, 0) is 9.53 Å². The third-order valence-electron chi connectivity index (χ3n) is 3.79. The lowest BCUT2D eigenvalue weighted by Gasteiger charge is -2.36. The molecule has 1 saturated heterocycles. The van der Waals surface area contributed by atoms with E-state index < -0.39 is 0 Å². The minimum atomic E-state index is -0.126. The second-order valence-corrected chi connectivity index (χ2v) is 5.66. The van der Waals surface area contributed by atoms with E-state index in [9.17, 15) is 4.79 Å². The van der Waals surface area contributed by atoms with Crippen molar-refractivity contribution in [1.82, 2.24) is 15.5 Å². The minimum absolute atomic E-state index is 0.0854. The molecule has 1 fully saturated rings. The molecular weight excluding hydrogens is 242 g/mol. The molecule has 5 nitrogen and oxygen atoms in total. The van der Waals surface area contributed by atoms with Gasteiger partial charge in [-0.2, -0.15) is 0 Å². The summed E-state index contributed by atoms with van der Waals surface area (Å²) in [6.45, 7) is 7.76. The number of rotatable bonds is 7. The summed E-state index contributed by atoms with van der Waals surface area (Å²) in [6, 6.07) is 0.314. The zero-order valence-electron chi connectivity index (χ0n) is 12.7. The Morgan fingerprint density at radius 2 is 2.26 bits per heavy atom. The van der Waals surface area contributed by atoms with Crippen molar-refractivity contribution in [2.75, 3.05) is 40.4 Å². The van der Waals surface area contributed by atoms with Gasteiger partial charge in [-0.3, -0.25) is 4.79 Å². The van der Waals surface area contributed by atoms with E-state index in [1.807, 2.05) is 6.92 Å². The number of likely N-dealkylation sites (tertiary alicyclic amines) is 1. The van der Waals surface area contributed by atoms with Crippen molar-refractivity contribution >= 4 is 5.91 Å². The molecule has 1 amide bonds. The Morgan fingerprint density at radius 3 is 2.89 bits per heavy atom.